The van der Waals surface area contributed by atoms with Crippen molar-refractivity contribution in [2.75, 3.05) is 6.61 Å². The van der Waals surface area contributed by atoms with Gasteiger partial charge in [0, 0.05) is 24.9 Å². The summed E-state index contributed by atoms with van der Waals surface area (Å²) in [6, 6.07) is 1.90. The molecule has 0 saturated heterocycles. The van der Waals surface area contributed by atoms with Crippen LogP contribution in [0.2, 0.25) is 0 Å². The number of aromatic nitrogens is 1. The minimum Gasteiger partial charge on any atom is -0.396 e. The Labute approximate surface area is 101 Å². The van der Waals surface area contributed by atoms with Gasteiger partial charge < -0.3 is 10.4 Å². The zero-order chi connectivity index (χ0) is 12.3. The third kappa shape index (κ3) is 3.01. The fourth-order valence-corrected chi connectivity index (χ4v) is 2.56. The molecule has 4 heteroatoms. The first-order chi connectivity index (χ1) is 8.20. The number of halogens is 1. The van der Waals surface area contributed by atoms with Crippen LogP contribution in [0.1, 0.15) is 37.8 Å². The van der Waals surface area contributed by atoms with E-state index in [1.54, 1.807) is 6.20 Å². The van der Waals surface area contributed by atoms with Crippen LogP contribution in [0.5, 0.6) is 0 Å². The number of nitrogens with zero attached hydrogens (tertiary/aromatic N) is 1. The molecule has 0 spiro atoms. The van der Waals surface area contributed by atoms with Crippen LogP contribution in [-0.2, 0) is 0 Å². The largest absolute Gasteiger partial charge is 0.396 e. The van der Waals surface area contributed by atoms with Gasteiger partial charge in [0.15, 0.2) is 0 Å². The van der Waals surface area contributed by atoms with Gasteiger partial charge in [0.2, 0.25) is 0 Å². The summed E-state index contributed by atoms with van der Waals surface area (Å²) in [5.41, 5.74) is 0.855. The molecule has 17 heavy (non-hydrogen) atoms. The van der Waals surface area contributed by atoms with Crippen LogP contribution in [0.15, 0.2) is 18.5 Å². The predicted octanol–water partition coefficient (Wildman–Crippen LogP) is 2.03. The number of pyridine rings is 1. The second kappa shape index (κ2) is 5.56. The van der Waals surface area contributed by atoms with Crippen molar-refractivity contribution in [3.05, 3.63) is 29.8 Å². The molecule has 1 heterocycles. The lowest BCUT2D eigenvalue weighted by Crippen LogP contribution is -2.35. The van der Waals surface area contributed by atoms with E-state index in [-0.39, 0.29) is 18.5 Å². The van der Waals surface area contributed by atoms with Gasteiger partial charge >= 0.3 is 0 Å². The monoisotopic (exact) mass is 238 g/mol. The zero-order valence-electron chi connectivity index (χ0n) is 10.1. The Kier molecular flexibility index (Phi) is 4.07. The quantitative estimate of drug-likeness (QED) is 0.843. The molecular formula is C13H19FN2O. The molecule has 94 valence electrons. The smallest absolute Gasteiger partial charge is 0.141 e. The number of rotatable bonds is 4. The van der Waals surface area contributed by atoms with E-state index in [2.05, 4.69) is 10.3 Å². The highest BCUT2D eigenvalue weighted by Crippen LogP contribution is 2.27. The maximum atomic E-state index is 13.1. The molecule has 0 radical (unpaired) electrons. The number of aliphatic hydroxyl groups excluding tert-OH is 1. The van der Waals surface area contributed by atoms with Crippen LogP contribution < -0.4 is 5.32 Å². The van der Waals surface area contributed by atoms with Crippen LogP contribution in [0.25, 0.3) is 0 Å². The third-order valence-electron chi connectivity index (χ3n) is 3.58. The van der Waals surface area contributed by atoms with Crippen LogP contribution >= 0.6 is 0 Å². The minimum atomic E-state index is -0.304. The van der Waals surface area contributed by atoms with Crippen LogP contribution in [0.3, 0.4) is 0 Å². The first kappa shape index (κ1) is 12.5. The molecule has 1 aliphatic carbocycles. The average molecular weight is 238 g/mol. The summed E-state index contributed by atoms with van der Waals surface area (Å²) in [6.45, 7) is 2.23. The normalized spacial score (nSPS) is 26.1. The summed E-state index contributed by atoms with van der Waals surface area (Å²) in [6.07, 6.45) is 6.20. The molecule has 2 rings (SSSR count). The molecule has 0 amide bonds. The van der Waals surface area contributed by atoms with Gasteiger partial charge in [-0.05, 0) is 37.3 Å². The fourth-order valence-electron chi connectivity index (χ4n) is 2.56. The Morgan fingerprint density at radius 3 is 3.06 bits per heavy atom. The number of nitrogens with one attached hydrogen (secondary N) is 1. The van der Waals surface area contributed by atoms with Crippen molar-refractivity contribution in [3.63, 3.8) is 0 Å². The van der Waals surface area contributed by atoms with E-state index in [0.717, 1.165) is 24.8 Å². The topological polar surface area (TPSA) is 45.1 Å². The van der Waals surface area contributed by atoms with Crippen molar-refractivity contribution in [1.82, 2.24) is 10.3 Å². The van der Waals surface area contributed by atoms with Gasteiger partial charge in [-0.25, -0.2) is 4.39 Å². The maximum absolute atomic E-state index is 13.1. The van der Waals surface area contributed by atoms with E-state index in [1.807, 2.05) is 6.92 Å². The second-order valence-corrected chi connectivity index (χ2v) is 4.80. The standard InChI is InChI=1S/C13H19FN2O/c1-9(11-5-12(14)7-15-6-11)16-13-4-2-3-10(13)8-17/h5-7,9-10,13,16-17H,2-4,8H2,1H3. The van der Waals surface area contributed by atoms with Gasteiger partial charge in [0.25, 0.3) is 0 Å². The lowest BCUT2D eigenvalue weighted by Gasteiger charge is -2.24. The van der Waals surface area contributed by atoms with E-state index in [0.29, 0.717) is 12.0 Å². The van der Waals surface area contributed by atoms with E-state index in [1.165, 1.54) is 12.3 Å². The average Bonchev–Trinajstić information content (AvgIpc) is 2.76. The summed E-state index contributed by atoms with van der Waals surface area (Å²) < 4.78 is 13.1. The van der Waals surface area contributed by atoms with Crippen molar-refractivity contribution >= 4 is 0 Å². The van der Waals surface area contributed by atoms with E-state index in [9.17, 15) is 9.50 Å². The lowest BCUT2D eigenvalue weighted by atomic mass is 10.0. The molecule has 0 aromatic carbocycles. The van der Waals surface area contributed by atoms with Crippen LogP contribution in [0, 0.1) is 11.7 Å². The van der Waals surface area contributed by atoms with Crippen molar-refractivity contribution < 1.29 is 9.50 Å². The Morgan fingerprint density at radius 1 is 1.53 bits per heavy atom. The molecule has 3 unspecified atom stereocenters. The first-order valence-corrected chi connectivity index (χ1v) is 6.18. The summed E-state index contributed by atoms with van der Waals surface area (Å²) in [5.74, 6) is 0.0280. The molecule has 1 aliphatic rings. The third-order valence-corrected chi connectivity index (χ3v) is 3.58. The Hall–Kier alpha value is -1.00. The molecule has 3 atom stereocenters. The van der Waals surface area contributed by atoms with Gasteiger partial charge in [0.1, 0.15) is 5.82 Å². The molecular weight excluding hydrogens is 219 g/mol. The van der Waals surface area contributed by atoms with E-state index >= 15 is 0 Å². The van der Waals surface area contributed by atoms with E-state index < -0.39 is 0 Å². The van der Waals surface area contributed by atoms with Crippen molar-refractivity contribution in [3.8, 4) is 0 Å². The van der Waals surface area contributed by atoms with Crippen LogP contribution in [-0.4, -0.2) is 22.7 Å². The van der Waals surface area contributed by atoms with Gasteiger partial charge in [-0.2, -0.15) is 0 Å². The zero-order valence-corrected chi connectivity index (χ0v) is 10.1. The van der Waals surface area contributed by atoms with Gasteiger partial charge in [-0.1, -0.05) is 6.42 Å². The highest BCUT2D eigenvalue weighted by molar-refractivity contribution is 5.14. The Balaban J connectivity index is 1.99. The van der Waals surface area contributed by atoms with Crippen LogP contribution in [0.4, 0.5) is 4.39 Å². The fraction of sp³-hybridized carbons (Fsp3) is 0.615. The van der Waals surface area contributed by atoms with Crippen molar-refractivity contribution in [2.45, 2.75) is 38.3 Å². The summed E-state index contributed by atoms with van der Waals surface area (Å²) in [7, 11) is 0. The molecule has 0 bridgehead atoms. The second-order valence-electron chi connectivity index (χ2n) is 4.80. The maximum Gasteiger partial charge on any atom is 0.141 e. The summed E-state index contributed by atoms with van der Waals surface area (Å²) >= 11 is 0. The SMILES string of the molecule is CC(NC1CCCC1CO)c1cncc(F)c1. The van der Waals surface area contributed by atoms with Gasteiger partial charge in [0.05, 0.1) is 6.20 Å². The lowest BCUT2D eigenvalue weighted by molar-refractivity contribution is 0.200. The van der Waals surface area contributed by atoms with Gasteiger partial charge in [-0.15, -0.1) is 0 Å². The summed E-state index contributed by atoms with van der Waals surface area (Å²) in [5, 5.41) is 12.7. The number of hydrogen-bond donors (Lipinski definition) is 2. The van der Waals surface area contributed by atoms with Gasteiger partial charge in [-0.3, -0.25) is 4.98 Å². The van der Waals surface area contributed by atoms with E-state index in [4.69, 9.17) is 0 Å². The molecule has 0 aliphatic heterocycles. The Morgan fingerprint density at radius 2 is 2.35 bits per heavy atom. The highest BCUT2D eigenvalue weighted by Gasteiger charge is 2.27. The molecule has 3 nitrogen and oxygen atoms in total. The first-order valence-electron chi connectivity index (χ1n) is 6.18. The predicted molar refractivity (Wildman–Crippen MR) is 64.0 cm³/mol. The summed E-state index contributed by atoms with van der Waals surface area (Å²) in [4.78, 5) is 3.85. The highest BCUT2D eigenvalue weighted by atomic mass is 19.1. The number of aliphatic hydroxyl groups is 1. The molecule has 1 fully saturated rings. The molecule has 1 aromatic heterocycles. The number of hydrogen-bond acceptors (Lipinski definition) is 3. The molecule has 2 N–H and O–H groups in total. The molecule has 1 aromatic rings. The van der Waals surface area contributed by atoms with Crippen molar-refractivity contribution in [2.24, 2.45) is 5.92 Å². The van der Waals surface area contributed by atoms with Crippen molar-refractivity contribution in [1.29, 1.82) is 0 Å². The Bertz CT molecular complexity index is 372. The molecule has 1 saturated carbocycles. The minimum absolute atomic E-state index is 0.0651.